The van der Waals surface area contributed by atoms with Crippen LogP contribution in [0.5, 0.6) is 0 Å². The summed E-state index contributed by atoms with van der Waals surface area (Å²) in [5, 5.41) is 0. The summed E-state index contributed by atoms with van der Waals surface area (Å²) in [7, 11) is -3.56. The van der Waals surface area contributed by atoms with Gasteiger partial charge in [0.15, 0.2) is 0 Å². The molecule has 2 heterocycles. The van der Waals surface area contributed by atoms with Gasteiger partial charge in [0.2, 0.25) is 10.0 Å². The molecule has 1 aromatic heterocycles. The lowest BCUT2D eigenvalue weighted by atomic mass is 9.97. The van der Waals surface area contributed by atoms with Crippen LogP contribution in [0.4, 0.5) is 0 Å². The van der Waals surface area contributed by atoms with Gasteiger partial charge in [-0.1, -0.05) is 0 Å². The van der Waals surface area contributed by atoms with Crippen LogP contribution >= 0.6 is 0 Å². The molecule has 1 aliphatic carbocycles. The van der Waals surface area contributed by atoms with E-state index in [1.165, 1.54) is 0 Å². The zero-order valence-corrected chi connectivity index (χ0v) is 13.3. The molecule has 7 heteroatoms. The fourth-order valence-electron chi connectivity index (χ4n) is 2.83. The van der Waals surface area contributed by atoms with E-state index in [9.17, 15) is 8.42 Å². The van der Waals surface area contributed by atoms with Gasteiger partial charge >= 0.3 is 0 Å². The van der Waals surface area contributed by atoms with Crippen LogP contribution in [0.15, 0.2) is 17.2 Å². The summed E-state index contributed by atoms with van der Waals surface area (Å²) < 4.78 is 35.6. The lowest BCUT2D eigenvalue weighted by Crippen LogP contribution is -2.50. The highest BCUT2D eigenvalue weighted by Crippen LogP contribution is 2.37. The number of nitrogens with zero attached hydrogens (tertiary/aromatic N) is 1. The molecule has 0 amide bonds. The Morgan fingerprint density at radius 2 is 2.24 bits per heavy atom. The van der Waals surface area contributed by atoms with E-state index >= 15 is 0 Å². The fourth-order valence-corrected chi connectivity index (χ4v) is 4.38. The number of nitrogens with one attached hydrogen (secondary N) is 1. The minimum absolute atomic E-state index is 0.133. The second-order valence-corrected chi connectivity index (χ2v) is 7.98. The predicted octanol–water partition coefficient (Wildman–Crippen LogP) is 1.13. The van der Waals surface area contributed by atoms with Crippen molar-refractivity contribution in [1.82, 2.24) is 9.29 Å². The standard InChI is InChI=1S/C14H23N3O3S/c1-10-14(2,5-6-20-10)16-21(18,19)13-7-12(8-15)17(9-13)11-3-4-11/h7,9-11,16H,3-6,8,15H2,1-2H3. The van der Waals surface area contributed by atoms with Crippen molar-refractivity contribution < 1.29 is 13.2 Å². The summed E-state index contributed by atoms with van der Waals surface area (Å²) in [6, 6.07) is 2.10. The molecule has 3 N–H and O–H groups in total. The first-order valence-electron chi connectivity index (χ1n) is 7.42. The fraction of sp³-hybridized carbons (Fsp3) is 0.714. The smallest absolute Gasteiger partial charge is 0.242 e. The number of sulfonamides is 1. The van der Waals surface area contributed by atoms with Gasteiger partial charge < -0.3 is 15.0 Å². The van der Waals surface area contributed by atoms with E-state index in [1.807, 2.05) is 18.4 Å². The molecule has 0 aromatic carbocycles. The molecule has 21 heavy (non-hydrogen) atoms. The molecule has 1 saturated carbocycles. The Labute approximate surface area is 125 Å². The zero-order chi connectivity index (χ0) is 15.3. The molecule has 2 unspecified atom stereocenters. The van der Waals surface area contributed by atoms with E-state index < -0.39 is 15.6 Å². The van der Waals surface area contributed by atoms with Crippen LogP contribution in [0.3, 0.4) is 0 Å². The van der Waals surface area contributed by atoms with Gasteiger partial charge in [-0.05, 0) is 39.2 Å². The van der Waals surface area contributed by atoms with Crippen molar-refractivity contribution in [1.29, 1.82) is 0 Å². The number of nitrogens with two attached hydrogens (primary N) is 1. The highest BCUT2D eigenvalue weighted by molar-refractivity contribution is 7.89. The predicted molar refractivity (Wildman–Crippen MR) is 79.4 cm³/mol. The third-order valence-corrected chi connectivity index (χ3v) is 6.20. The molecular formula is C14H23N3O3S. The molecule has 1 saturated heterocycles. The van der Waals surface area contributed by atoms with Crippen LogP contribution in [0.2, 0.25) is 0 Å². The van der Waals surface area contributed by atoms with E-state index in [2.05, 4.69) is 4.72 Å². The molecule has 2 aliphatic rings. The Kier molecular flexibility index (Phi) is 3.64. The first-order chi connectivity index (χ1) is 9.86. The maximum atomic E-state index is 12.6. The molecule has 3 rings (SSSR count). The topological polar surface area (TPSA) is 86.3 Å². The average molecular weight is 313 g/mol. The van der Waals surface area contributed by atoms with Gasteiger partial charge in [0.1, 0.15) is 0 Å². The van der Waals surface area contributed by atoms with Crippen molar-refractivity contribution in [2.45, 2.75) is 62.2 Å². The van der Waals surface area contributed by atoms with Crippen molar-refractivity contribution >= 4 is 10.0 Å². The second-order valence-electron chi connectivity index (χ2n) is 6.30. The van der Waals surface area contributed by atoms with E-state index in [-0.39, 0.29) is 6.10 Å². The zero-order valence-electron chi connectivity index (χ0n) is 12.5. The normalized spacial score (nSPS) is 30.0. The van der Waals surface area contributed by atoms with Gasteiger partial charge in [-0.25, -0.2) is 13.1 Å². The first kappa shape index (κ1) is 15.0. The Morgan fingerprint density at radius 1 is 1.52 bits per heavy atom. The van der Waals surface area contributed by atoms with Gasteiger partial charge in [0, 0.05) is 31.1 Å². The molecule has 0 bridgehead atoms. The first-order valence-corrected chi connectivity index (χ1v) is 8.90. The summed E-state index contributed by atoms with van der Waals surface area (Å²) >= 11 is 0. The second kappa shape index (κ2) is 5.08. The largest absolute Gasteiger partial charge is 0.376 e. The van der Waals surface area contributed by atoms with E-state index in [4.69, 9.17) is 10.5 Å². The van der Waals surface area contributed by atoms with Crippen molar-refractivity contribution in [2.75, 3.05) is 6.61 Å². The van der Waals surface area contributed by atoms with Crippen LogP contribution in [-0.2, 0) is 21.3 Å². The molecular weight excluding hydrogens is 290 g/mol. The Bertz CT molecular complexity index is 636. The highest BCUT2D eigenvalue weighted by atomic mass is 32.2. The number of hydrogen-bond donors (Lipinski definition) is 2. The molecule has 118 valence electrons. The highest BCUT2D eigenvalue weighted by Gasteiger charge is 2.41. The van der Waals surface area contributed by atoms with Crippen LogP contribution in [0.1, 0.15) is 44.8 Å². The van der Waals surface area contributed by atoms with Crippen LogP contribution < -0.4 is 10.5 Å². The monoisotopic (exact) mass is 313 g/mol. The summed E-state index contributed by atoms with van der Waals surface area (Å²) in [6.45, 7) is 4.72. The summed E-state index contributed by atoms with van der Waals surface area (Å²) in [4.78, 5) is 0.301. The van der Waals surface area contributed by atoms with Gasteiger partial charge in [-0.2, -0.15) is 0 Å². The van der Waals surface area contributed by atoms with E-state index in [0.29, 0.717) is 30.5 Å². The molecule has 2 fully saturated rings. The minimum atomic E-state index is -3.56. The van der Waals surface area contributed by atoms with Gasteiger partial charge in [0.25, 0.3) is 0 Å². The van der Waals surface area contributed by atoms with E-state index in [1.54, 1.807) is 12.3 Å². The molecule has 1 aromatic rings. The Balaban J connectivity index is 1.88. The van der Waals surface area contributed by atoms with Crippen LogP contribution in [0, 0.1) is 0 Å². The molecule has 2 atom stereocenters. The molecule has 6 nitrogen and oxygen atoms in total. The number of hydrogen-bond acceptors (Lipinski definition) is 4. The van der Waals surface area contributed by atoms with Gasteiger partial charge in [-0.15, -0.1) is 0 Å². The van der Waals surface area contributed by atoms with Crippen molar-refractivity contribution in [3.63, 3.8) is 0 Å². The van der Waals surface area contributed by atoms with Gasteiger partial charge in [0.05, 0.1) is 16.5 Å². The Morgan fingerprint density at radius 3 is 2.76 bits per heavy atom. The minimum Gasteiger partial charge on any atom is -0.376 e. The van der Waals surface area contributed by atoms with Crippen molar-refractivity contribution in [2.24, 2.45) is 5.73 Å². The number of ether oxygens (including phenoxy) is 1. The van der Waals surface area contributed by atoms with Crippen LogP contribution in [-0.4, -0.2) is 31.2 Å². The van der Waals surface area contributed by atoms with Crippen molar-refractivity contribution in [3.8, 4) is 0 Å². The molecule has 0 spiro atoms. The quantitative estimate of drug-likeness (QED) is 0.853. The van der Waals surface area contributed by atoms with Gasteiger partial charge in [-0.3, -0.25) is 0 Å². The number of aromatic nitrogens is 1. The maximum Gasteiger partial charge on any atom is 0.242 e. The third kappa shape index (κ3) is 2.75. The number of rotatable bonds is 5. The maximum absolute atomic E-state index is 12.6. The summed E-state index contributed by atoms with van der Waals surface area (Å²) in [5.74, 6) is 0. The lowest BCUT2D eigenvalue weighted by Gasteiger charge is -2.28. The van der Waals surface area contributed by atoms with Crippen LogP contribution in [0.25, 0.3) is 0 Å². The summed E-state index contributed by atoms with van der Waals surface area (Å²) in [6.07, 6.45) is 4.45. The summed E-state index contributed by atoms with van der Waals surface area (Å²) in [5.41, 5.74) is 6.05. The molecule has 1 aliphatic heterocycles. The average Bonchev–Trinajstić information content (AvgIpc) is 3.07. The lowest BCUT2D eigenvalue weighted by molar-refractivity contribution is 0.0957. The van der Waals surface area contributed by atoms with E-state index in [0.717, 1.165) is 18.5 Å². The van der Waals surface area contributed by atoms with Crippen molar-refractivity contribution in [3.05, 3.63) is 18.0 Å². The Hall–Kier alpha value is -0.890. The third-order valence-electron chi connectivity index (χ3n) is 4.62. The molecule has 0 radical (unpaired) electrons. The SMILES string of the molecule is CC1OCCC1(C)NS(=O)(=O)c1cc(CN)n(C2CC2)c1.